The van der Waals surface area contributed by atoms with Crippen molar-refractivity contribution in [1.82, 2.24) is 10.6 Å². The summed E-state index contributed by atoms with van der Waals surface area (Å²) in [6, 6.07) is 5.47. The Balaban J connectivity index is 2.09. The van der Waals surface area contributed by atoms with Crippen molar-refractivity contribution < 1.29 is 9.90 Å². The summed E-state index contributed by atoms with van der Waals surface area (Å²) in [7, 11) is 0. The normalized spacial score (nSPS) is 23.7. The number of amides is 1. The molecule has 0 bridgehead atoms. The van der Waals surface area contributed by atoms with E-state index in [0.717, 1.165) is 24.9 Å². The highest BCUT2D eigenvalue weighted by molar-refractivity contribution is 5.97. The molecule has 0 saturated carbocycles. The monoisotopic (exact) mass is 248 g/mol. The number of nitrogens with one attached hydrogen (secondary N) is 2. The molecule has 1 aromatic rings. The van der Waals surface area contributed by atoms with Crippen molar-refractivity contribution in [3.05, 3.63) is 29.3 Å². The summed E-state index contributed by atoms with van der Waals surface area (Å²) in [4.78, 5) is 12.1. The highest BCUT2D eigenvalue weighted by Gasteiger charge is 2.23. The van der Waals surface area contributed by atoms with Gasteiger partial charge in [-0.3, -0.25) is 4.79 Å². The largest absolute Gasteiger partial charge is 0.507 e. The molecule has 1 saturated heterocycles. The van der Waals surface area contributed by atoms with Crippen LogP contribution in [0.4, 0.5) is 0 Å². The van der Waals surface area contributed by atoms with Gasteiger partial charge in [0, 0.05) is 12.1 Å². The summed E-state index contributed by atoms with van der Waals surface area (Å²) in [5, 5.41) is 16.1. The third kappa shape index (κ3) is 2.82. The lowest BCUT2D eigenvalue weighted by Crippen LogP contribution is -2.51. The van der Waals surface area contributed by atoms with Gasteiger partial charge in [-0.05, 0) is 45.4 Å². The first-order chi connectivity index (χ1) is 8.58. The summed E-state index contributed by atoms with van der Waals surface area (Å²) in [6.07, 6.45) is 2.04. The van der Waals surface area contributed by atoms with Gasteiger partial charge in [-0.15, -0.1) is 0 Å². The molecule has 0 spiro atoms. The Kier molecular flexibility index (Phi) is 3.87. The van der Waals surface area contributed by atoms with Crippen LogP contribution < -0.4 is 10.6 Å². The lowest BCUT2D eigenvalue weighted by molar-refractivity contribution is 0.0917. The highest BCUT2D eigenvalue weighted by atomic mass is 16.3. The molecule has 1 aliphatic heterocycles. The number of aromatic hydroxyl groups is 1. The summed E-state index contributed by atoms with van der Waals surface area (Å²) >= 11 is 0. The minimum Gasteiger partial charge on any atom is -0.507 e. The minimum atomic E-state index is -0.197. The highest BCUT2D eigenvalue weighted by Crippen LogP contribution is 2.19. The number of aryl methyl sites for hydroxylation is 1. The number of carbonyl (C=O) groups excluding carboxylic acids is 1. The Hall–Kier alpha value is -1.55. The average Bonchev–Trinajstić information content (AvgIpc) is 2.35. The minimum absolute atomic E-state index is 0.0366. The molecule has 4 nitrogen and oxygen atoms in total. The summed E-state index contributed by atoms with van der Waals surface area (Å²) < 4.78 is 0. The third-order valence-corrected chi connectivity index (χ3v) is 3.47. The fraction of sp³-hybridized carbons (Fsp3) is 0.500. The topological polar surface area (TPSA) is 61.4 Å². The van der Waals surface area contributed by atoms with E-state index in [0.29, 0.717) is 5.56 Å². The molecular formula is C14H20N2O2. The molecule has 1 aliphatic rings. The van der Waals surface area contributed by atoms with Crippen molar-refractivity contribution in [2.45, 2.75) is 38.8 Å². The van der Waals surface area contributed by atoms with Gasteiger partial charge in [-0.25, -0.2) is 0 Å². The fourth-order valence-corrected chi connectivity index (χ4v) is 2.32. The predicted molar refractivity (Wildman–Crippen MR) is 70.8 cm³/mol. The second-order valence-electron chi connectivity index (χ2n) is 4.99. The van der Waals surface area contributed by atoms with E-state index < -0.39 is 0 Å². The van der Waals surface area contributed by atoms with Crippen LogP contribution in [0.25, 0.3) is 0 Å². The van der Waals surface area contributed by atoms with Gasteiger partial charge in [0.2, 0.25) is 0 Å². The lowest BCUT2D eigenvalue weighted by atomic mass is 9.99. The number of piperidine rings is 1. The number of carbonyl (C=O) groups is 1. The van der Waals surface area contributed by atoms with Gasteiger partial charge in [0.25, 0.3) is 5.91 Å². The van der Waals surface area contributed by atoms with Crippen LogP contribution in [0.1, 0.15) is 35.7 Å². The first-order valence-corrected chi connectivity index (χ1v) is 6.42. The Morgan fingerprint density at radius 3 is 3.00 bits per heavy atom. The van der Waals surface area contributed by atoms with Crippen molar-refractivity contribution in [3.8, 4) is 5.75 Å². The van der Waals surface area contributed by atoms with Gasteiger partial charge >= 0.3 is 0 Å². The van der Waals surface area contributed by atoms with Gasteiger partial charge in [0.15, 0.2) is 0 Å². The quantitative estimate of drug-likeness (QED) is 0.744. The van der Waals surface area contributed by atoms with E-state index in [2.05, 4.69) is 17.6 Å². The zero-order valence-corrected chi connectivity index (χ0v) is 10.9. The number of phenolic OH excluding ortho intramolecular Hbond substituents is 1. The van der Waals surface area contributed by atoms with Gasteiger partial charge < -0.3 is 15.7 Å². The standard InChI is InChI=1S/C14H20N2O2/c1-9-5-6-13(17)11(8-9)14(18)16-12-4-3-7-15-10(12)2/h5-6,8,10,12,15,17H,3-4,7H2,1-2H3,(H,16,18). The molecule has 18 heavy (non-hydrogen) atoms. The smallest absolute Gasteiger partial charge is 0.255 e. The maximum atomic E-state index is 12.1. The van der Waals surface area contributed by atoms with E-state index in [4.69, 9.17) is 0 Å². The molecule has 4 heteroatoms. The van der Waals surface area contributed by atoms with Crippen molar-refractivity contribution in [1.29, 1.82) is 0 Å². The Morgan fingerprint density at radius 2 is 2.28 bits per heavy atom. The van der Waals surface area contributed by atoms with Crippen molar-refractivity contribution in [2.75, 3.05) is 6.54 Å². The molecule has 0 aliphatic carbocycles. The second kappa shape index (κ2) is 5.40. The molecule has 1 aromatic carbocycles. The van der Waals surface area contributed by atoms with Crippen LogP contribution in [0.15, 0.2) is 18.2 Å². The van der Waals surface area contributed by atoms with E-state index in [1.807, 2.05) is 6.92 Å². The Morgan fingerprint density at radius 1 is 1.50 bits per heavy atom. The van der Waals surface area contributed by atoms with Crippen molar-refractivity contribution in [2.24, 2.45) is 0 Å². The van der Waals surface area contributed by atoms with Crippen LogP contribution in [0, 0.1) is 6.92 Å². The zero-order chi connectivity index (χ0) is 13.1. The molecule has 2 unspecified atom stereocenters. The van der Waals surface area contributed by atoms with E-state index >= 15 is 0 Å². The van der Waals surface area contributed by atoms with E-state index in [-0.39, 0.29) is 23.7 Å². The maximum Gasteiger partial charge on any atom is 0.255 e. The summed E-state index contributed by atoms with van der Waals surface area (Å²) in [5.74, 6) is -0.161. The SMILES string of the molecule is Cc1ccc(O)c(C(=O)NC2CCCNC2C)c1. The zero-order valence-electron chi connectivity index (χ0n) is 10.9. The number of hydrogen-bond acceptors (Lipinski definition) is 3. The van der Waals surface area contributed by atoms with Gasteiger partial charge in [0.05, 0.1) is 5.56 Å². The number of phenols is 1. The summed E-state index contributed by atoms with van der Waals surface area (Å²) in [5.41, 5.74) is 1.32. The van der Waals surface area contributed by atoms with Crippen LogP contribution >= 0.6 is 0 Å². The van der Waals surface area contributed by atoms with Crippen molar-refractivity contribution in [3.63, 3.8) is 0 Å². The van der Waals surface area contributed by atoms with Gasteiger partial charge in [-0.1, -0.05) is 11.6 Å². The number of hydrogen-bond donors (Lipinski definition) is 3. The molecule has 1 heterocycles. The third-order valence-electron chi connectivity index (χ3n) is 3.47. The number of rotatable bonds is 2. The van der Waals surface area contributed by atoms with Crippen molar-refractivity contribution >= 4 is 5.91 Å². The first kappa shape index (κ1) is 12.9. The predicted octanol–water partition coefficient (Wildman–Crippen LogP) is 1.57. The van der Waals surface area contributed by atoms with Crippen LogP contribution in [0.3, 0.4) is 0 Å². The van der Waals surface area contributed by atoms with Crippen LogP contribution in [0.2, 0.25) is 0 Å². The molecule has 2 atom stereocenters. The molecule has 3 N–H and O–H groups in total. The van der Waals surface area contributed by atoms with E-state index in [1.54, 1.807) is 18.2 Å². The van der Waals surface area contributed by atoms with E-state index in [1.165, 1.54) is 0 Å². The Bertz CT molecular complexity index is 445. The van der Waals surface area contributed by atoms with E-state index in [9.17, 15) is 9.90 Å². The molecule has 0 radical (unpaired) electrons. The van der Waals surface area contributed by atoms with Crippen LogP contribution in [0.5, 0.6) is 5.75 Å². The van der Waals surface area contributed by atoms with Gasteiger partial charge in [0.1, 0.15) is 5.75 Å². The Labute approximate surface area is 107 Å². The van der Waals surface area contributed by atoms with Gasteiger partial charge in [-0.2, -0.15) is 0 Å². The first-order valence-electron chi connectivity index (χ1n) is 6.42. The molecule has 1 fully saturated rings. The average molecular weight is 248 g/mol. The summed E-state index contributed by atoms with van der Waals surface area (Å²) in [6.45, 7) is 4.98. The molecular weight excluding hydrogens is 228 g/mol. The maximum absolute atomic E-state index is 12.1. The fourth-order valence-electron chi connectivity index (χ4n) is 2.32. The molecule has 98 valence electrons. The van der Waals surface area contributed by atoms with Crippen LogP contribution in [-0.4, -0.2) is 29.6 Å². The molecule has 0 aromatic heterocycles. The molecule has 1 amide bonds. The lowest BCUT2D eigenvalue weighted by Gasteiger charge is -2.30. The second-order valence-corrected chi connectivity index (χ2v) is 4.99. The van der Waals surface area contributed by atoms with Crippen LogP contribution in [-0.2, 0) is 0 Å². The number of benzene rings is 1. The molecule has 2 rings (SSSR count).